The second-order valence-electron chi connectivity index (χ2n) is 10.3. The quantitative estimate of drug-likeness (QED) is 0.229. The number of hydrogen-bond acceptors (Lipinski definition) is 1. The van der Waals surface area contributed by atoms with Crippen molar-refractivity contribution in [1.29, 1.82) is 0 Å². The molecule has 0 heterocycles. The van der Waals surface area contributed by atoms with Crippen LogP contribution in [0.3, 0.4) is 0 Å². The van der Waals surface area contributed by atoms with Crippen LogP contribution in [0.15, 0.2) is 170 Å². The minimum atomic E-state index is 1.06. The van der Waals surface area contributed by atoms with Gasteiger partial charge in [0.2, 0.25) is 0 Å². The van der Waals surface area contributed by atoms with E-state index >= 15 is 0 Å². The van der Waals surface area contributed by atoms with Gasteiger partial charge in [-0.2, -0.15) is 0 Å². The zero-order valence-corrected chi connectivity index (χ0v) is 22.7. The molecule has 1 heteroatoms. The Balaban J connectivity index is 1.21. The van der Waals surface area contributed by atoms with Gasteiger partial charge in [-0.3, -0.25) is 0 Å². The number of benzene rings is 7. The van der Waals surface area contributed by atoms with Crippen LogP contribution in [-0.4, -0.2) is 0 Å². The van der Waals surface area contributed by atoms with Crippen LogP contribution in [0, 0.1) is 0 Å². The first-order valence-electron chi connectivity index (χ1n) is 14.0. The molecule has 7 rings (SSSR count). The van der Waals surface area contributed by atoms with Crippen LogP contribution in [-0.2, 0) is 0 Å². The summed E-state index contributed by atoms with van der Waals surface area (Å²) in [5, 5.41) is 6.18. The van der Waals surface area contributed by atoms with Gasteiger partial charge in [-0.1, -0.05) is 133 Å². The third kappa shape index (κ3) is 5.26. The van der Waals surface area contributed by atoms with Crippen LogP contribution >= 0.6 is 0 Å². The van der Waals surface area contributed by atoms with Crippen molar-refractivity contribution in [3.05, 3.63) is 170 Å². The average molecular weight is 524 g/mol. The lowest BCUT2D eigenvalue weighted by molar-refractivity contribution is 1.52. The van der Waals surface area contributed by atoms with Crippen molar-refractivity contribution in [2.75, 3.05) is 5.32 Å². The van der Waals surface area contributed by atoms with E-state index in [9.17, 15) is 0 Å². The Bertz CT molecular complexity index is 1870. The second-order valence-corrected chi connectivity index (χ2v) is 10.3. The highest BCUT2D eigenvalue weighted by atomic mass is 14.9. The maximum Gasteiger partial charge on any atom is 0.0396 e. The minimum absolute atomic E-state index is 1.06. The zero-order valence-electron chi connectivity index (χ0n) is 22.7. The van der Waals surface area contributed by atoms with Gasteiger partial charge in [-0.25, -0.2) is 0 Å². The highest BCUT2D eigenvalue weighted by molar-refractivity contribution is 5.99. The zero-order chi connectivity index (χ0) is 27.4. The molecule has 0 radical (unpaired) electrons. The van der Waals surface area contributed by atoms with E-state index in [1.54, 1.807) is 0 Å². The Morgan fingerprint density at radius 1 is 0.293 bits per heavy atom. The van der Waals surface area contributed by atoms with Crippen LogP contribution in [0.1, 0.15) is 0 Å². The fourth-order valence-electron chi connectivity index (χ4n) is 5.53. The van der Waals surface area contributed by atoms with Crippen molar-refractivity contribution in [2.24, 2.45) is 0 Å². The Labute approximate surface area is 241 Å². The Kier molecular flexibility index (Phi) is 6.61. The summed E-state index contributed by atoms with van der Waals surface area (Å²) >= 11 is 0. The molecule has 0 amide bonds. The first kappa shape index (κ1) is 24.6. The van der Waals surface area contributed by atoms with Crippen molar-refractivity contribution in [3.63, 3.8) is 0 Å². The molecule has 0 spiro atoms. The third-order valence-corrected chi connectivity index (χ3v) is 7.62. The molecule has 0 atom stereocenters. The Hall–Kier alpha value is -5.40. The van der Waals surface area contributed by atoms with Crippen molar-refractivity contribution >= 4 is 22.1 Å². The molecule has 0 saturated heterocycles. The van der Waals surface area contributed by atoms with Crippen molar-refractivity contribution < 1.29 is 0 Å². The first-order valence-corrected chi connectivity index (χ1v) is 14.0. The topological polar surface area (TPSA) is 12.0 Å². The van der Waals surface area contributed by atoms with Crippen LogP contribution in [0.25, 0.3) is 55.3 Å². The van der Waals surface area contributed by atoms with Crippen LogP contribution < -0.4 is 5.32 Å². The minimum Gasteiger partial charge on any atom is -0.355 e. The molecule has 0 unspecified atom stereocenters. The van der Waals surface area contributed by atoms with Gasteiger partial charge in [0.05, 0.1) is 0 Å². The summed E-state index contributed by atoms with van der Waals surface area (Å²) < 4.78 is 0. The molecule has 194 valence electrons. The van der Waals surface area contributed by atoms with Gasteiger partial charge in [-0.15, -0.1) is 0 Å². The van der Waals surface area contributed by atoms with Crippen molar-refractivity contribution in [1.82, 2.24) is 0 Å². The summed E-state index contributed by atoms with van der Waals surface area (Å²) in [6, 6.07) is 60.5. The normalized spacial score (nSPS) is 10.9. The molecule has 7 aromatic rings. The summed E-state index contributed by atoms with van der Waals surface area (Å²) in [7, 11) is 0. The van der Waals surface area contributed by atoms with E-state index in [0.29, 0.717) is 0 Å². The highest BCUT2D eigenvalue weighted by Gasteiger charge is 2.08. The monoisotopic (exact) mass is 523 g/mol. The summed E-state index contributed by atoms with van der Waals surface area (Å²) in [5.41, 5.74) is 11.8. The molecule has 1 nitrogen and oxygen atoms in total. The lowest BCUT2D eigenvalue weighted by Crippen LogP contribution is -1.93. The number of nitrogens with one attached hydrogen (secondary N) is 1. The summed E-state index contributed by atoms with van der Waals surface area (Å²) in [6.45, 7) is 0. The molecule has 0 aliphatic rings. The van der Waals surface area contributed by atoms with E-state index in [1.807, 2.05) is 0 Å². The maximum absolute atomic E-state index is 3.66. The molecule has 0 aromatic heterocycles. The second kappa shape index (κ2) is 11.0. The van der Waals surface area contributed by atoms with Crippen molar-refractivity contribution in [3.8, 4) is 44.5 Å². The van der Waals surface area contributed by atoms with E-state index in [-0.39, 0.29) is 0 Å². The molecule has 7 aromatic carbocycles. The molecule has 0 bridgehead atoms. The summed E-state index contributed by atoms with van der Waals surface area (Å²) in [6.07, 6.45) is 0. The van der Waals surface area contributed by atoms with Crippen LogP contribution in [0.2, 0.25) is 0 Å². The third-order valence-electron chi connectivity index (χ3n) is 7.62. The molecule has 0 aliphatic carbocycles. The number of anilines is 2. The lowest BCUT2D eigenvalue weighted by atomic mass is 9.95. The van der Waals surface area contributed by atoms with Gasteiger partial charge < -0.3 is 5.32 Å². The van der Waals surface area contributed by atoms with E-state index < -0.39 is 0 Å². The van der Waals surface area contributed by atoms with Gasteiger partial charge in [0.25, 0.3) is 0 Å². The fraction of sp³-hybridized carbons (Fsp3) is 0. The highest BCUT2D eigenvalue weighted by Crippen LogP contribution is 2.34. The molecule has 0 fully saturated rings. The largest absolute Gasteiger partial charge is 0.355 e. The number of fused-ring (bicyclic) bond motifs is 1. The standard InChI is InChI=1S/C40H29N/c1-4-11-29(12-5-1)35-25-36(30-13-6-2-7-14-30)27-38(26-35)41-37-23-21-31(22-24-37)34-20-19-33-17-10-18-39(40(33)28-34)32-15-8-3-9-16-32/h1-28,41H. The van der Waals surface area contributed by atoms with Crippen LogP contribution in [0.5, 0.6) is 0 Å². The number of rotatable bonds is 6. The van der Waals surface area contributed by atoms with E-state index in [1.165, 1.54) is 55.3 Å². The number of hydrogen-bond donors (Lipinski definition) is 1. The molecular formula is C40H29N. The molecule has 1 N–H and O–H groups in total. The summed E-state index contributed by atoms with van der Waals surface area (Å²) in [4.78, 5) is 0. The van der Waals surface area contributed by atoms with Crippen molar-refractivity contribution in [2.45, 2.75) is 0 Å². The van der Waals surface area contributed by atoms with Crippen LogP contribution in [0.4, 0.5) is 11.4 Å². The lowest BCUT2D eigenvalue weighted by Gasteiger charge is -2.14. The van der Waals surface area contributed by atoms with Gasteiger partial charge >= 0.3 is 0 Å². The van der Waals surface area contributed by atoms with Gasteiger partial charge in [0, 0.05) is 11.4 Å². The van der Waals surface area contributed by atoms with Gasteiger partial charge in [0.15, 0.2) is 0 Å². The van der Waals surface area contributed by atoms with E-state index in [0.717, 1.165) is 11.4 Å². The molecule has 0 saturated carbocycles. The smallest absolute Gasteiger partial charge is 0.0396 e. The Morgan fingerprint density at radius 3 is 1.44 bits per heavy atom. The van der Waals surface area contributed by atoms with Gasteiger partial charge in [0.1, 0.15) is 0 Å². The van der Waals surface area contributed by atoms with E-state index in [4.69, 9.17) is 0 Å². The van der Waals surface area contributed by atoms with Gasteiger partial charge in [-0.05, 0) is 91.7 Å². The van der Waals surface area contributed by atoms with E-state index in [2.05, 4.69) is 175 Å². The summed E-state index contributed by atoms with van der Waals surface area (Å²) in [5.74, 6) is 0. The fourth-order valence-corrected chi connectivity index (χ4v) is 5.53. The average Bonchev–Trinajstić information content (AvgIpc) is 3.06. The Morgan fingerprint density at radius 2 is 0.829 bits per heavy atom. The molecular weight excluding hydrogens is 494 g/mol. The maximum atomic E-state index is 3.66. The predicted octanol–water partition coefficient (Wildman–Crippen LogP) is 11.3. The molecule has 0 aliphatic heterocycles. The molecule has 41 heavy (non-hydrogen) atoms. The SMILES string of the molecule is c1ccc(-c2cc(Nc3ccc(-c4ccc5cccc(-c6ccccc6)c5c4)cc3)cc(-c3ccccc3)c2)cc1. The first-order chi connectivity index (χ1) is 20.3. The predicted molar refractivity (Wildman–Crippen MR) is 175 cm³/mol.